The van der Waals surface area contributed by atoms with Crippen LogP contribution in [0.3, 0.4) is 0 Å². The molecule has 2 aliphatic heterocycles. The number of aromatic nitrogens is 2. The number of likely N-dealkylation sites (N-methyl/N-ethyl adjacent to an activating group) is 2. The molecule has 9 rings (SSSR count). The Morgan fingerprint density at radius 3 is 1.53 bits per heavy atom. The maximum Gasteiger partial charge on any atom is 0.251 e. The molecule has 4 fully saturated rings. The maximum absolute atomic E-state index is 15.0. The van der Waals surface area contributed by atoms with Gasteiger partial charge in [0.15, 0.2) is 5.78 Å². The molecule has 6 amide bonds. The van der Waals surface area contributed by atoms with E-state index in [1.54, 1.807) is 48.5 Å². The van der Waals surface area contributed by atoms with Gasteiger partial charge in [-0.2, -0.15) is 0 Å². The van der Waals surface area contributed by atoms with Gasteiger partial charge in [0.2, 0.25) is 29.4 Å². The van der Waals surface area contributed by atoms with Crippen LogP contribution in [0.5, 0.6) is 0 Å². The van der Waals surface area contributed by atoms with Crippen LogP contribution in [0.2, 0.25) is 0 Å². The first-order valence-electron chi connectivity index (χ1n) is 29.7. The van der Waals surface area contributed by atoms with Crippen LogP contribution in [0.25, 0.3) is 0 Å². The van der Waals surface area contributed by atoms with Crippen molar-refractivity contribution in [3.8, 4) is 0 Å². The quantitative estimate of drug-likeness (QED) is 0.0306. The fourth-order valence-electron chi connectivity index (χ4n) is 11.9. The number of amides is 6. The SMILES string of the molecule is CN[C@@H](C)C(=O)N[C@H](C(=O)N1C[C@@H](NC(=O)c2ccc(C(=O)N[C@H]3C[C@@H](c4nc(C(=O)c5ccc(F)cc5)cs4)N(C(=O)[C@@H](NC(=O)[C@H](C)NC)C4CCCCC4)C3)cc2)C[C@H]1c1nc(C(=O)C/C=C\C(F)=C/C2=C[C@@H]2C)cs1)C1CCCCC1. The second kappa shape index (κ2) is 28.4. The van der Waals surface area contributed by atoms with E-state index < -0.39 is 77.6 Å². The number of rotatable bonds is 23. The Morgan fingerprint density at radius 2 is 1.08 bits per heavy atom. The van der Waals surface area contributed by atoms with Crippen molar-refractivity contribution in [1.82, 2.24) is 51.7 Å². The molecule has 0 radical (unpaired) electrons. The van der Waals surface area contributed by atoms with Crippen molar-refractivity contribution in [2.24, 2.45) is 17.8 Å². The molecule has 3 aliphatic carbocycles. The zero-order chi connectivity index (χ0) is 60.5. The summed E-state index contributed by atoms with van der Waals surface area (Å²) in [4.78, 5) is 125. The largest absolute Gasteiger partial charge is 0.347 e. The molecule has 2 saturated carbocycles. The number of hydrogen-bond acceptors (Lipinski definition) is 14. The number of allylic oxidation sites excluding steroid dienone is 6. The lowest BCUT2D eigenvalue weighted by atomic mass is 9.83. The Hall–Kier alpha value is -7.14. The minimum Gasteiger partial charge on any atom is -0.347 e. The molecule has 2 saturated heterocycles. The standard InChI is InChI=1S/C63H76F2N10O8S2/c1-35-27-43(35)28-45(65)17-12-18-52(76)48-33-84-60(70-48)50-29-46(31-74(50)62(82)53(38-13-8-6-9-14-38)72-56(78)36(2)66-4)68-58(80)41-19-21-42(22-20-41)59(81)69-47-30-51(61-71-49(34-85-61)55(77)40-23-25-44(64)26-24-40)75(32-47)63(83)54(39-15-10-7-11-16-39)73-57(79)37(3)67-5/h12,17,19-28,33-39,46-47,50-51,53-54,66-67H,6-11,13-16,18,29-32H2,1-5H3,(H,68,80)(H,69,81)(H,72,78)(H,73,79)/b17-12-,45-28+/t35-,36-,37-,46-,47-,50-,51-,53-,54-/m0/s1. The first-order chi connectivity index (χ1) is 40.9. The van der Waals surface area contributed by atoms with E-state index in [1.165, 1.54) is 89.4 Å². The summed E-state index contributed by atoms with van der Waals surface area (Å²) in [6.45, 7) is 5.57. The van der Waals surface area contributed by atoms with Gasteiger partial charge >= 0.3 is 0 Å². The summed E-state index contributed by atoms with van der Waals surface area (Å²) >= 11 is 2.42. The number of halogens is 2. The number of ketones is 2. The molecule has 0 spiro atoms. The van der Waals surface area contributed by atoms with E-state index in [0.29, 0.717) is 10.0 Å². The zero-order valence-electron chi connectivity index (χ0n) is 48.7. The molecule has 9 atom stereocenters. The van der Waals surface area contributed by atoms with Gasteiger partial charge in [-0.05, 0) is 150 Å². The number of benzene rings is 2. The highest BCUT2D eigenvalue weighted by Crippen LogP contribution is 2.39. The predicted octanol–water partition coefficient (Wildman–Crippen LogP) is 8.02. The highest BCUT2D eigenvalue weighted by molar-refractivity contribution is 7.10. The molecule has 0 bridgehead atoms. The van der Waals surface area contributed by atoms with Crippen LogP contribution in [-0.4, -0.2) is 130 Å². The van der Waals surface area contributed by atoms with Crippen molar-refractivity contribution in [2.75, 3.05) is 27.2 Å². The van der Waals surface area contributed by atoms with Crippen LogP contribution in [0.1, 0.15) is 174 Å². The van der Waals surface area contributed by atoms with Crippen molar-refractivity contribution in [3.63, 3.8) is 0 Å². The Morgan fingerprint density at radius 1 is 0.647 bits per heavy atom. The Labute approximate surface area is 502 Å². The molecule has 4 heterocycles. The van der Waals surface area contributed by atoms with E-state index in [0.717, 1.165) is 69.8 Å². The van der Waals surface area contributed by atoms with Gasteiger partial charge in [0.25, 0.3) is 11.8 Å². The van der Waals surface area contributed by atoms with Crippen LogP contribution < -0.4 is 31.9 Å². The molecule has 2 aromatic carbocycles. The minimum atomic E-state index is -0.846. The summed E-state index contributed by atoms with van der Waals surface area (Å²) in [5.41, 5.74) is 1.93. The van der Waals surface area contributed by atoms with E-state index in [-0.39, 0.29) is 108 Å². The average Bonchev–Trinajstić information content (AvgIpc) is 3.64. The molecule has 0 unspecified atom stereocenters. The molecule has 6 N–H and O–H groups in total. The molecular formula is C63H76F2N10O8S2. The Kier molecular flexibility index (Phi) is 20.8. The number of Topliss-reactive ketones (excluding diaryl/α,β-unsaturated/α-hetero) is 1. The molecular weight excluding hydrogens is 1130 g/mol. The van der Waals surface area contributed by atoms with E-state index >= 15 is 0 Å². The third-order valence-corrected chi connectivity index (χ3v) is 19.1. The van der Waals surface area contributed by atoms with Crippen molar-refractivity contribution in [2.45, 2.75) is 153 Å². The zero-order valence-corrected chi connectivity index (χ0v) is 50.3. The van der Waals surface area contributed by atoms with Crippen LogP contribution in [-0.2, 0) is 19.2 Å². The fourth-order valence-corrected chi connectivity index (χ4v) is 13.8. The van der Waals surface area contributed by atoms with Gasteiger partial charge in [0.05, 0.1) is 24.2 Å². The summed E-state index contributed by atoms with van der Waals surface area (Å²) < 4.78 is 28.2. The minimum absolute atomic E-state index is 0.0786. The molecule has 452 valence electrons. The molecule has 2 aromatic heterocycles. The van der Waals surface area contributed by atoms with E-state index in [9.17, 15) is 47.1 Å². The number of nitrogens with one attached hydrogen (secondary N) is 6. The first-order valence-corrected chi connectivity index (χ1v) is 31.4. The van der Waals surface area contributed by atoms with Crippen molar-refractivity contribution in [1.29, 1.82) is 0 Å². The highest BCUT2D eigenvalue weighted by Gasteiger charge is 2.46. The van der Waals surface area contributed by atoms with Crippen molar-refractivity contribution >= 4 is 69.7 Å². The van der Waals surface area contributed by atoms with Crippen LogP contribution in [0.4, 0.5) is 8.78 Å². The van der Waals surface area contributed by atoms with Gasteiger partial charge in [0, 0.05) is 59.0 Å². The number of carbonyl (C=O) groups excluding carboxylic acids is 8. The second-order valence-electron chi connectivity index (χ2n) is 23.2. The van der Waals surface area contributed by atoms with Crippen molar-refractivity contribution in [3.05, 3.63) is 139 Å². The number of thiazole rings is 2. The normalized spacial score (nSPS) is 22.5. The number of hydrogen-bond donors (Lipinski definition) is 6. The van der Waals surface area contributed by atoms with Gasteiger partial charge < -0.3 is 41.7 Å². The van der Waals surface area contributed by atoms with E-state index in [2.05, 4.69) is 31.9 Å². The average molecular weight is 1200 g/mol. The lowest BCUT2D eigenvalue weighted by Crippen LogP contribution is -2.56. The van der Waals surface area contributed by atoms with Gasteiger partial charge in [0.1, 0.15) is 45.1 Å². The van der Waals surface area contributed by atoms with Crippen molar-refractivity contribution < 1.29 is 47.1 Å². The summed E-state index contributed by atoms with van der Waals surface area (Å²) in [5.74, 6) is -3.86. The van der Waals surface area contributed by atoms with Gasteiger partial charge in [-0.25, -0.2) is 18.7 Å². The predicted molar refractivity (Wildman–Crippen MR) is 320 cm³/mol. The molecule has 5 aliphatic rings. The molecule has 18 nitrogen and oxygen atoms in total. The summed E-state index contributed by atoms with van der Waals surface area (Å²) in [6, 6.07) is 5.96. The third kappa shape index (κ3) is 15.5. The summed E-state index contributed by atoms with van der Waals surface area (Å²) in [7, 11) is 3.34. The number of nitrogens with zero attached hydrogens (tertiary/aromatic N) is 4. The monoisotopic (exact) mass is 1200 g/mol. The Bertz CT molecular complexity index is 3210. The number of likely N-dealkylation sites (tertiary alicyclic amines) is 2. The third-order valence-electron chi connectivity index (χ3n) is 17.3. The van der Waals surface area contributed by atoms with Crippen LogP contribution in [0.15, 0.2) is 95.0 Å². The second-order valence-corrected chi connectivity index (χ2v) is 25.0. The lowest BCUT2D eigenvalue weighted by molar-refractivity contribution is -0.139. The van der Waals surface area contributed by atoms with Crippen LogP contribution >= 0.6 is 22.7 Å². The van der Waals surface area contributed by atoms with E-state index in [1.807, 2.05) is 13.0 Å². The summed E-state index contributed by atoms with van der Waals surface area (Å²) in [6.07, 6.45) is 15.2. The maximum atomic E-state index is 15.0. The number of carbonyl (C=O) groups is 8. The molecule has 22 heteroatoms. The first kappa shape index (κ1) is 62.4. The molecule has 85 heavy (non-hydrogen) atoms. The van der Waals surface area contributed by atoms with Gasteiger partial charge in [-0.3, -0.25) is 38.4 Å². The fraction of sp³-hybridized carbons (Fsp3) is 0.492. The Balaban J connectivity index is 0.904. The lowest BCUT2D eigenvalue weighted by Gasteiger charge is -2.35. The smallest absolute Gasteiger partial charge is 0.251 e. The van der Waals surface area contributed by atoms with E-state index in [4.69, 9.17) is 9.97 Å². The van der Waals surface area contributed by atoms with Gasteiger partial charge in [-0.15, -0.1) is 22.7 Å². The van der Waals surface area contributed by atoms with Gasteiger partial charge in [-0.1, -0.05) is 57.6 Å². The highest BCUT2D eigenvalue weighted by atomic mass is 32.1. The van der Waals surface area contributed by atoms with Crippen LogP contribution in [0, 0.1) is 23.6 Å². The molecule has 4 aromatic rings. The topological polar surface area (TPSA) is 241 Å². The summed E-state index contributed by atoms with van der Waals surface area (Å²) in [5, 5.41) is 22.3.